The highest BCUT2D eigenvalue weighted by atomic mass is 16.5. The third kappa shape index (κ3) is 3.83. The first-order valence-corrected chi connectivity index (χ1v) is 9.17. The highest BCUT2D eigenvalue weighted by molar-refractivity contribution is 6.35. The van der Waals surface area contributed by atoms with Gasteiger partial charge in [0.2, 0.25) is 0 Å². The summed E-state index contributed by atoms with van der Waals surface area (Å²) in [6.07, 6.45) is 0.526. The number of anilines is 1. The number of hydrogen-bond donors (Lipinski definition) is 2. The number of methoxy groups -OCH3 is 1. The van der Waals surface area contributed by atoms with Gasteiger partial charge in [0.1, 0.15) is 11.8 Å². The van der Waals surface area contributed by atoms with Gasteiger partial charge in [0.05, 0.1) is 7.11 Å². The van der Waals surface area contributed by atoms with Crippen LogP contribution in [0.3, 0.4) is 0 Å². The molecule has 7 nitrogen and oxygen atoms in total. The van der Waals surface area contributed by atoms with Crippen LogP contribution in [0.1, 0.15) is 24.1 Å². The van der Waals surface area contributed by atoms with E-state index in [2.05, 4.69) is 10.6 Å². The van der Waals surface area contributed by atoms with Gasteiger partial charge in [-0.25, -0.2) is 0 Å². The highest BCUT2D eigenvalue weighted by Crippen LogP contribution is 2.35. The van der Waals surface area contributed by atoms with Crippen molar-refractivity contribution >= 4 is 23.4 Å². The number of likely N-dealkylation sites (N-methyl/N-ethyl adjacent to an activating group) is 1. The fraction of sp³-hybridized carbons (Fsp3) is 0.286. The summed E-state index contributed by atoms with van der Waals surface area (Å²) in [5.41, 5.74) is 2.39. The van der Waals surface area contributed by atoms with Gasteiger partial charge >= 0.3 is 11.8 Å². The van der Waals surface area contributed by atoms with Crippen molar-refractivity contribution in [3.05, 3.63) is 59.7 Å². The summed E-state index contributed by atoms with van der Waals surface area (Å²) in [5.74, 6) is -1.10. The Hall–Kier alpha value is -3.35. The van der Waals surface area contributed by atoms with Crippen molar-refractivity contribution < 1.29 is 19.1 Å². The standard InChI is InChI=1S/C21H23N3O4/c1-3-24-16-10-6-5-9-15(16)18(21(24)27)23-20(26)19(25)22-13-12-14-8-4-7-11-17(14)28-2/h4-11,18H,3,12-13H2,1-2H3,(H,22,25)(H,23,26). The minimum absolute atomic E-state index is 0.237. The summed E-state index contributed by atoms with van der Waals surface area (Å²) in [4.78, 5) is 38.6. The topological polar surface area (TPSA) is 87.7 Å². The van der Waals surface area contributed by atoms with Gasteiger partial charge in [0, 0.05) is 24.3 Å². The molecule has 0 aliphatic carbocycles. The lowest BCUT2D eigenvalue weighted by Gasteiger charge is -2.15. The number of carbonyl (C=O) groups excluding carboxylic acids is 3. The quantitative estimate of drug-likeness (QED) is 0.744. The summed E-state index contributed by atoms with van der Waals surface area (Å²) >= 11 is 0. The Labute approximate surface area is 163 Å². The van der Waals surface area contributed by atoms with Gasteiger partial charge in [-0.05, 0) is 31.0 Å². The number of fused-ring (bicyclic) bond motifs is 1. The van der Waals surface area contributed by atoms with Crippen molar-refractivity contribution in [2.75, 3.05) is 25.1 Å². The highest BCUT2D eigenvalue weighted by Gasteiger charge is 2.37. The summed E-state index contributed by atoms with van der Waals surface area (Å²) in [7, 11) is 1.58. The van der Waals surface area contributed by atoms with Crippen molar-refractivity contribution in [2.45, 2.75) is 19.4 Å². The van der Waals surface area contributed by atoms with Gasteiger partial charge in [0.25, 0.3) is 5.91 Å². The van der Waals surface area contributed by atoms with Crippen LogP contribution in [-0.2, 0) is 20.8 Å². The van der Waals surface area contributed by atoms with Gasteiger partial charge < -0.3 is 20.3 Å². The first-order chi connectivity index (χ1) is 13.6. The smallest absolute Gasteiger partial charge is 0.310 e. The molecule has 2 N–H and O–H groups in total. The third-order valence-corrected chi connectivity index (χ3v) is 4.72. The predicted molar refractivity (Wildman–Crippen MR) is 105 cm³/mol. The molecule has 146 valence electrons. The van der Waals surface area contributed by atoms with Crippen LogP contribution in [-0.4, -0.2) is 37.9 Å². The Balaban J connectivity index is 1.59. The number of carbonyl (C=O) groups is 3. The second kappa shape index (κ2) is 8.56. The number of nitrogens with one attached hydrogen (secondary N) is 2. The van der Waals surface area contributed by atoms with Crippen molar-refractivity contribution in [1.82, 2.24) is 10.6 Å². The van der Waals surface area contributed by atoms with E-state index in [0.29, 0.717) is 18.5 Å². The molecule has 1 atom stereocenters. The van der Waals surface area contributed by atoms with Crippen LogP contribution in [0.5, 0.6) is 5.75 Å². The number of rotatable bonds is 6. The lowest BCUT2D eigenvalue weighted by atomic mass is 10.1. The third-order valence-electron chi connectivity index (χ3n) is 4.72. The first kappa shape index (κ1) is 19.4. The zero-order chi connectivity index (χ0) is 20.1. The monoisotopic (exact) mass is 381 g/mol. The summed E-state index contributed by atoms with van der Waals surface area (Å²) in [5, 5.41) is 5.14. The molecule has 28 heavy (non-hydrogen) atoms. The summed E-state index contributed by atoms with van der Waals surface area (Å²) in [6, 6.07) is 13.9. The fourth-order valence-electron chi connectivity index (χ4n) is 3.35. The molecule has 0 saturated carbocycles. The molecular weight excluding hydrogens is 358 g/mol. The maximum atomic E-state index is 12.6. The molecule has 0 bridgehead atoms. The molecular formula is C21H23N3O4. The van der Waals surface area contributed by atoms with Gasteiger partial charge in [-0.1, -0.05) is 36.4 Å². The Bertz CT molecular complexity index is 897. The van der Waals surface area contributed by atoms with Crippen molar-refractivity contribution in [2.24, 2.45) is 0 Å². The molecule has 3 rings (SSSR count). The maximum Gasteiger partial charge on any atom is 0.310 e. The van der Waals surface area contributed by atoms with Crippen molar-refractivity contribution in [3.63, 3.8) is 0 Å². The molecule has 0 fully saturated rings. The minimum Gasteiger partial charge on any atom is -0.496 e. The molecule has 1 unspecified atom stereocenters. The molecule has 1 aliphatic rings. The van der Waals surface area contributed by atoms with Crippen molar-refractivity contribution in [1.29, 1.82) is 0 Å². The van der Waals surface area contributed by atoms with Crippen LogP contribution >= 0.6 is 0 Å². The number of ether oxygens (including phenoxy) is 1. The van der Waals surface area contributed by atoms with E-state index in [1.807, 2.05) is 43.3 Å². The molecule has 1 heterocycles. The minimum atomic E-state index is -0.844. The Morgan fingerprint density at radius 1 is 1.07 bits per heavy atom. The Morgan fingerprint density at radius 2 is 1.79 bits per heavy atom. The lowest BCUT2D eigenvalue weighted by Crippen LogP contribution is -2.44. The second-order valence-electron chi connectivity index (χ2n) is 6.37. The number of amides is 3. The van der Waals surface area contributed by atoms with Gasteiger partial charge in [0.15, 0.2) is 0 Å². The Kier molecular flexibility index (Phi) is 5.93. The number of hydrogen-bond acceptors (Lipinski definition) is 4. The predicted octanol–water partition coefficient (Wildman–Crippen LogP) is 1.58. The van der Waals surface area contributed by atoms with E-state index in [4.69, 9.17) is 4.74 Å². The number of para-hydroxylation sites is 2. The van der Waals surface area contributed by atoms with Crippen LogP contribution in [0.15, 0.2) is 48.5 Å². The normalized spacial score (nSPS) is 15.1. The van der Waals surface area contributed by atoms with Crippen LogP contribution < -0.4 is 20.3 Å². The van der Waals surface area contributed by atoms with E-state index in [1.54, 1.807) is 24.1 Å². The van der Waals surface area contributed by atoms with Gasteiger partial charge in [-0.2, -0.15) is 0 Å². The SMILES string of the molecule is CCN1C(=O)C(NC(=O)C(=O)NCCc2ccccc2OC)c2ccccc21. The molecule has 3 amide bonds. The number of benzene rings is 2. The van der Waals surface area contributed by atoms with Crippen LogP contribution in [0.2, 0.25) is 0 Å². The van der Waals surface area contributed by atoms with E-state index in [1.165, 1.54) is 0 Å². The maximum absolute atomic E-state index is 12.6. The molecule has 0 radical (unpaired) electrons. The Morgan fingerprint density at radius 3 is 2.54 bits per heavy atom. The van der Waals surface area contributed by atoms with E-state index in [0.717, 1.165) is 17.0 Å². The zero-order valence-corrected chi connectivity index (χ0v) is 15.9. The lowest BCUT2D eigenvalue weighted by molar-refractivity contribution is -0.140. The molecule has 2 aromatic rings. The van der Waals surface area contributed by atoms with Crippen LogP contribution in [0.4, 0.5) is 5.69 Å². The van der Waals surface area contributed by atoms with Crippen molar-refractivity contribution in [3.8, 4) is 5.75 Å². The zero-order valence-electron chi connectivity index (χ0n) is 15.9. The van der Waals surface area contributed by atoms with E-state index < -0.39 is 17.9 Å². The largest absolute Gasteiger partial charge is 0.496 e. The summed E-state index contributed by atoms with van der Waals surface area (Å²) in [6.45, 7) is 2.64. The molecule has 7 heteroatoms. The molecule has 1 aliphatic heterocycles. The average molecular weight is 381 g/mol. The van der Waals surface area contributed by atoms with Crippen LogP contribution in [0.25, 0.3) is 0 Å². The molecule has 0 aromatic heterocycles. The molecule has 0 spiro atoms. The van der Waals surface area contributed by atoms with Gasteiger partial charge in [-0.15, -0.1) is 0 Å². The van der Waals surface area contributed by atoms with E-state index >= 15 is 0 Å². The summed E-state index contributed by atoms with van der Waals surface area (Å²) < 4.78 is 5.27. The second-order valence-corrected chi connectivity index (χ2v) is 6.37. The average Bonchev–Trinajstić information content (AvgIpc) is 2.99. The van der Waals surface area contributed by atoms with E-state index in [9.17, 15) is 14.4 Å². The van der Waals surface area contributed by atoms with E-state index in [-0.39, 0.29) is 12.5 Å². The molecule has 0 saturated heterocycles. The molecule has 2 aromatic carbocycles. The van der Waals surface area contributed by atoms with Crippen LogP contribution in [0, 0.1) is 0 Å². The fourth-order valence-corrected chi connectivity index (χ4v) is 3.35. The first-order valence-electron chi connectivity index (χ1n) is 9.17. The van der Waals surface area contributed by atoms with Gasteiger partial charge in [-0.3, -0.25) is 14.4 Å². The number of nitrogens with zero attached hydrogens (tertiary/aromatic N) is 1.